The standard InChI is InChI=1S/C26H20ClF3NO4S/c27-17-7-11-20(12-8-17)36(32,33)25-21-3-1-2-4-23(21)35-24(25)22-15-19(13-14-31-22)34-18-9-5-16(6-10-18)26(28,29)30/h1-12,19,22H,13-15H2. The van der Waals surface area contributed by atoms with Crippen LogP contribution in [0.25, 0.3) is 11.0 Å². The van der Waals surface area contributed by atoms with E-state index in [9.17, 15) is 21.6 Å². The van der Waals surface area contributed by atoms with Crippen LogP contribution in [0.1, 0.15) is 30.2 Å². The van der Waals surface area contributed by atoms with Crippen LogP contribution in [0.3, 0.4) is 0 Å². The molecule has 36 heavy (non-hydrogen) atoms. The minimum absolute atomic E-state index is 0.0457. The van der Waals surface area contributed by atoms with E-state index in [0.29, 0.717) is 41.1 Å². The number of nitrogens with zero attached hydrogens (tertiary/aromatic N) is 1. The first-order valence-corrected chi connectivity index (χ1v) is 13.0. The number of sulfone groups is 1. The van der Waals surface area contributed by atoms with Crippen molar-refractivity contribution in [1.82, 2.24) is 5.32 Å². The van der Waals surface area contributed by atoms with Gasteiger partial charge in [0.25, 0.3) is 0 Å². The van der Waals surface area contributed by atoms with Crippen molar-refractivity contribution < 1.29 is 30.7 Å². The van der Waals surface area contributed by atoms with Gasteiger partial charge in [0.05, 0.1) is 16.5 Å². The number of rotatable bonds is 5. The maximum absolute atomic E-state index is 13.7. The zero-order valence-corrected chi connectivity index (χ0v) is 20.3. The van der Waals surface area contributed by atoms with Gasteiger partial charge in [0, 0.05) is 23.4 Å². The molecule has 0 bridgehead atoms. The van der Waals surface area contributed by atoms with Gasteiger partial charge in [0.2, 0.25) is 9.84 Å². The highest BCUT2D eigenvalue weighted by Gasteiger charge is 2.36. The Kier molecular flexibility index (Phi) is 6.48. The maximum Gasteiger partial charge on any atom is 0.416 e. The second-order valence-electron chi connectivity index (χ2n) is 8.46. The third-order valence-corrected chi connectivity index (χ3v) is 8.15. The van der Waals surface area contributed by atoms with Crippen LogP contribution in [0, 0.1) is 0 Å². The van der Waals surface area contributed by atoms with E-state index in [4.69, 9.17) is 20.8 Å². The predicted molar refractivity (Wildman–Crippen MR) is 128 cm³/mol. The van der Waals surface area contributed by atoms with Gasteiger partial charge in [0.1, 0.15) is 28.1 Å². The predicted octanol–water partition coefficient (Wildman–Crippen LogP) is 6.82. The highest BCUT2D eigenvalue weighted by molar-refractivity contribution is 7.91. The zero-order chi connectivity index (χ0) is 25.5. The summed E-state index contributed by atoms with van der Waals surface area (Å²) in [6.07, 6.45) is -3.97. The number of hydrogen-bond acceptors (Lipinski definition) is 4. The fourth-order valence-corrected chi connectivity index (χ4v) is 6.05. The highest BCUT2D eigenvalue weighted by atomic mass is 35.5. The van der Waals surface area contributed by atoms with Crippen molar-refractivity contribution in [2.75, 3.05) is 6.54 Å². The van der Waals surface area contributed by atoms with Gasteiger partial charge >= 0.3 is 6.18 Å². The molecule has 1 radical (unpaired) electrons. The molecule has 1 aliphatic rings. The largest absolute Gasteiger partial charge is 0.490 e. The molecule has 0 aliphatic carbocycles. The van der Waals surface area contributed by atoms with Crippen LogP contribution in [0.4, 0.5) is 13.2 Å². The molecule has 1 fully saturated rings. The minimum atomic E-state index is -4.43. The molecular weight excluding hydrogens is 515 g/mol. The molecule has 5 rings (SSSR count). The Balaban J connectivity index is 1.47. The fourth-order valence-electron chi connectivity index (χ4n) is 4.30. The maximum atomic E-state index is 13.7. The van der Waals surface area contributed by atoms with Gasteiger partial charge in [-0.25, -0.2) is 13.7 Å². The van der Waals surface area contributed by atoms with Crippen LogP contribution in [0.15, 0.2) is 87.0 Å². The lowest BCUT2D eigenvalue weighted by molar-refractivity contribution is -0.137. The van der Waals surface area contributed by atoms with E-state index in [1.165, 1.54) is 36.4 Å². The van der Waals surface area contributed by atoms with Gasteiger partial charge in [-0.1, -0.05) is 23.7 Å². The highest BCUT2D eigenvalue weighted by Crippen LogP contribution is 2.40. The van der Waals surface area contributed by atoms with E-state index in [2.05, 4.69) is 5.32 Å². The summed E-state index contributed by atoms with van der Waals surface area (Å²) in [6, 6.07) is 16.7. The summed E-state index contributed by atoms with van der Waals surface area (Å²) < 4.78 is 78.0. The molecule has 5 nitrogen and oxygen atoms in total. The summed E-state index contributed by atoms with van der Waals surface area (Å²) in [7, 11) is -3.97. The number of piperidine rings is 1. The Morgan fingerprint density at radius 3 is 2.36 bits per heavy atom. The van der Waals surface area contributed by atoms with Gasteiger partial charge in [-0.2, -0.15) is 13.2 Å². The molecule has 187 valence electrons. The van der Waals surface area contributed by atoms with Crippen molar-refractivity contribution in [3.8, 4) is 5.75 Å². The molecule has 2 unspecified atom stereocenters. The summed E-state index contributed by atoms with van der Waals surface area (Å²) in [5.41, 5.74) is -0.341. The summed E-state index contributed by atoms with van der Waals surface area (Å²) >= 11 is 5.95. The van der Waals surface area contributed by atoms with E-state index in [1.807, 2.05) is 0 Å². The third-order valence-electron chi connectivity index (χ3n) is 6.04. The number of alkyl halides is 3. The smallest absolute Gasteiger partial charge is 0.416 e. The Bertz CT molecular complexity index is 1480. The molecule has 10 heteroatoms. The van der Waals surface area contributed by atoms with Crippen molar-refractivity contribution >= 4 is 32.4 Å². The second-order valence-corrected chi connectivity index (χ2v) is 10.8. The first kappa shape index (κ1) is 24.7. The van der Waals surface area contributed by atoms with E-state index in [1.54, 1.807) is 24.3 Å². The zero-order valence-electron chi connectivity index (χ0n) is 18.7. The molecule has 0 spiro atoms. The number of para-hydroxylation sites is 1. The van der Waals surface area contributed by atoms with E-state index in [-0.39, 0.29) is 21.7 Å². The molecule has 2 heterocycles. The molecule has 1 saturated heterocycles. The van der Waals surface area contributed by atoms with Gasteiger partial charge < -0.3 is 9.15 Å². The van der Waals surface area contributed by atoms with Gasteiger partial charge in [-0.15, -0.1) is 0 Å². The quantitative estimate of drug-likeness (QED) is 0.281. The van der Waals surface area contributed by atoms with Gasteiger partial charge in [0.15, 0.2) is 0 Å². The normalized spacial score (nSPS) is 18.9. The van der Waals surface area contributed by atoms with Crippen molar-refractivity contribution in [1.29, 1.82) is 0 Å². The molecule has 4 aromatic rings. The lowest BCUT2D eigenvalue weighted by atomic mass is 9.99. The van der Waals surface area contributed by atoms with E-state index in [0.717, 1.165) is 12.1 Å². The first-order chi connectivity index (χ1) is 17.1. The lowest BCUT2D eigenvalue weighted by Gasteiger charge is -2.29. The number of benzene rings is 3. The topological polar surface area (TPSA) is 70.6 Å². The van der Waals surface area contributed by atoms with Crippen molar-refractivity contribution in [3.05, 3.63) is 89.1 Å². The monoisotopic (exact) mass is 534 g/mol. The van der Waals surface area contributed by atoms with Crippen molar-refractivity contribution in [2.45, 2.75) is 41.0 Å². The number of ether oxygens (including phenoxy) is 1. The molecular formula is C26H20ClF3NO4S. The van der Waals surface area contributed by atoms with Crippen LogP contribution in [-0.2, 0) is 16.0 Å². The SMILES string of the molecule is O=S(=O)(c1ccc(Cl)cc1)c1c(C2CC(Oc3ccc(C(F)(F)F)cc3)CC[N]2)oc2ccccc12. The number of furan rings is 1. The van der Waals surface area contributed by atoms with Crippen LogP contribution >= 0.6 is 11.6 Å². The fraction of sp³-hybridized carbons (Fsp3) is 0.231. The summed E-state index contributed by atoms with van der Waals surface area (Å²) in [6.45, 7) is 0.382. The molecule has 0 saturated carbocycles. The Morgan fingerprint density at radius 2 is 1.67 bits per heavy atom. The average Bonchev–Trinajstić information content (AvgIpc) is 3.25. The third kappa shape index (κ3) is 4.83. The minimum Gasteiger partial charge on any atom is -0.490 e. The summed E-state index contributed by atoms with van der Waals surface area (Å²) in [5.74, 6) is 0.513. The Morgan fingerprint density at radius 1 is 0.972 bits per heavy atom. The number of halogens is 4. The molecule has 2 atom stereocenters. The van der Waals surface area contributed by atoms with Gasteiger partial charge in [-0.3, -0.25) is 0 Å². The van der Waals surface area contributed by atoms with Crippen LogP contribution in [-0.4, -0.2) is 21.1 Å². The number of fused-ring (bicyclic) bond motifs is 1. The Hall–Kier alpha value is -3.01. The van der Waals surface area contributed by atoms with E-state index >= 15 is 0 Å². The second kappa shape index (κ2) is 9.46. The van der Waals surface area contributed by atoms with Crippen LogP contribution in [0.5, 0.6) is 5.75 Å². The molecule has 3 aromatic carbocycles. The number of hydrogen-bond donors (Lipinski definition) is 0. The summed E-state index contributed by atoms with van der Waals surface area (Å²) in [5, 5.41) is 5.47. The van der Waals surface area contributed by atoms with Gasteiger partial charge in [-0.05, 0) is 67.1 Å². The molecule has 0 amide bonds. The van der Waals surface area contributed by atoms with Crippen molar-refractivity contribution in [3.63, 3.8) is 0 Å². The average molecular weight is 535 g/mol. The van der Waals surface area contributed by atoms with Crippen LogP contribution in [0.2, 0.25) is 5.02 Å². The molecule has 0 N–H and O–H groups in total. The molecule has 1 aromatic heterocycles. The van der Waals surface area contributed by atoms with Crippen molar-refractivity contribution in [2.24, 2.45) is 0 Å². The van der Waals surface area contributed by atoms with E-state index < -0.39 is 27.6 Å². The first-order valence-electron chi connectivity index (χ1n) is 11.2. The summed E-state index contributed by atoms with van der Waals surface area (Å²) in [4.78, 5) is 0.123. The Labute approximate surface area is 210 Å². The molecule has 1 aliphatic heterocycles. The van der Waals surface area contributed by atoms with Crippen LogP contribution < -0.4 is 10.1 Å². The lowest BCUT2D eigenvalue weighted by Crippen LogP contribution is -2.33.